The van der Waals surface area contributed by atoms with Gasteiger partial charge in [-0.05, 0) is 42.5 Å². The monoisotopic (exact) mass is 350 g/mol. The zero-order valence-corrected chi connectivity index (χ0v) is 14.5. The van der Waals surface area contributed by atoms with Crippen LogP contribution in [0.4, 0.5) is 9.18 Å². The SMILES string of the molecule is COC(=O)NC[C@@H]1C[C@H](F)CN1C(=O)c1cc2c(cc1OC)CCC2. The number of likely N-dealkylation sites (tertiary alicyclic amines) is 1. The third kappa shape index (κ3) is 3.55. The van der Waals surface area contributed by atoms with Crippen LogP contribution in [0.15, 0.2) is 12.1 Å². The molecule has 0 radical (unpaired) electrons. The van der Waals surface area contributed by atoms with Gasteiger partial charge in [0.1, 0.15) is 11.9 Å². The summed E-state index contributed by atoms with van der Waals surface area (Å²) in [5.74, 6) is 0.260. The number of carbonyl (C=O) groups excluding carboxylic acids is 2. The lowest BCUT2D eigenvalue weighted by Gasteiger charge is -2.25. The zero-order chi connectivity index (χ0) is 18.0. The average molecular weight is 350 g/mol. The Labute approximate surface area is 146 Å². The van der Waals surface area contributed by atoms with Gasteiger partial charge in [0, 0.05) is 13.0 Å². The Kier molecular flexibility index (Phi) is 5.11. The van der Waals surface area contributed by atoms with Crippen molar-refractivity contribution in [3.8, 4) is 5.75 Å². The lowest BCUT2D eigenvalue weighted by molar-refractivity contribution is 0.0722. The molecule has 1 saturated heterocycles. The van der Waals surface area contributed by atoms with Crippen molar-refractivity contribution in [1.29, 1.82) is 0 Å². The lowest BCUT2D eigenvalue weighted by Crippen LogP contribution is -2.43. The molecule has 0 aromatic heterocycles. The summed E-state index contributed by atoms with van der Waals surface area (Å²) in [4.78, 5) is 25.8. The van der Waals surface area contributed by atoms with Crippen molar-refractivity contribution in [2.75, 3.05) is 27.3 Å². The topological polar surface area (TPSA) is 67.9 Å². The van der Waals surface area contributed by atoms with Crippen molar-refractivity contribution in [2.45, 2.75) is 37.9 Å². The number of hydrogen-bond acceptors (Lipinski definition) is 4. The van der Waals surface area contributed by atoms with Gasteiger partial charge in [0.15, 0.2) is 0 Å². The van der Waals surface area contributed by atoms with Gasteiger partial charge in [-0.15, -0.1) is 0 Å². The van der Waals surface area contributed by atoms with Crippen LogP contribution in [0.2, 0.25) is 0 Å². The van der Waals surface area contributed by atoms with Crippen molar-refractivity contribution in [3.05, 3.63) is 28.8 Å². The first kappa shape index (κ1) is 17.5. The summed E-state index contributed by atoms with van der Waals surface area (Å²) in [5, 5.41) is 2.55. The van der Waals surface area contributed by atoms with Crippen molar-refractivity contribution in [1.82, 2.24) is 10.2 Å². The van der Waals surface area contributed by atoms with E-state index in [4.69, 9.17) is 4.74 Å². The molecule has 136 valence electrons. The molecule has 0 unspecified atom stereocenters. The van der Waals surface area contributed by atoms with Crippen LogP contribution in [0.25, 0.3) is 0 Å². The standard InChI is InChI=1S/C18H23FN2O4/c1-24-16-7-12-5-3-4-11(12)6-15(16)17(22)21-10-13(19)8-14(21)9-20-18(23)25-2/h6-7,13-14H,3-5,8-10H2,1-2H3,(H,20,23)/t13-,14-/m0/s1. The molecule has 2 amide bonds. The summed E-state index contributed by atoms with van der Waals surface area (Å²) in [6, 6.07) is 3.39. The largest absolute Gasteiger partial charge is 0.496 e. The predicted molar refractivity (Wildman–Crippen MR) is 89.8 cm³/mol. The fraction of sp³-hybridized carbons (Fsp3) is 0.556. The molecule has 25 heavy (non-hydrogen) atoms. The molecule has 0 spiro atoms. The average Bonchev–Trinajstić information content (AvgIpc) is 3.23. The number of rotatable bonds is 4. The third-order valence-electron chi connectivity index (χ3n) is 4.94. The summed E-state index contributed by atoms with van der Waals surface area (Å²) in [7, 11) is 2.80. The minimum Gasteiger partial charge on any atom is -0.496 e. The first-order valence-corrected chi connectivity index (χ1v) is 8.50. The number of alkyl carbamates (subject to hydrolysis) is 1. The van der Waals surface area contributed by atoms with E-state index in [1.807, 2.05) is 12.1 Å². The Hall–Kier alpha value is -2.31. The van der Waals surface area contributed by atoms with E-state index in [1.165, 1.54) is 24.7 Å². The van der Waals surface area contributed by atoms with E-state index < -0.39 is 18.3 Å². The second-order valence-electron chi connectivity index (χ2n) is 6.49. The number of nitrogens with zero attached hydrogens (tertiary/aromatic N) is 1. The molecule has 1 aromatic carbocycles. The number of methoxy groups -OCH3 is 2. The highest BCUT2D eigenvalue weighted by atomic mass is 19.1. The van der Waals surface area contributed by atoms with Gasteiger partial charge in [-0.25, -0.2) is 9.18 Å². The quantitative estimate of drug-likeness (QED) is 0.903. The maximum absolute atomic E-state index is 13.9. The number of amides is 2. The fourth-order valence-corrected chi connectivity index (χ4v) is 3.67. The molecule has 1 aromatic rings. The number of halogens is 1. The minimum atomic E-state index is -1.10. The molecule has 6 nitrogen and oxygen atoms in total. The Balaban J connectivity index is 1.82. The van der Waals surface area contributed by atoms with Gasteiger partial charge in [0.25, 0.3) is 5.91 Å². The molecule has 0 saturated carbocycles. The number of nitrogens with one attached hydrogen (secondary N) is 1. The van der Waals surface area contributed by atoms with Crippen molar-refractivity contribution in [2.24, 2.45) is 0 Å². The zero-order valence-electron chi connectivity index (χ0n) is 14.5. The molecule has 0 bridgehead atoms. The van der Waals surface area contributed by atoms with E-state index in [1.54, 1.807) is 0 Å². The molecule has 7 heteroatoms. The van der Waals surface area contributed by atoms with Gasteiger partial charge in [-0.1, -0.05) is 0 Å². The Morgan fingerprint density at radius 1 is 1.28 bits per heavy atom. The highest BCUT2D eigenvalue weighted by Crippen LogP contribution is 2.32. The molecule has 2 atom stereocenters. The first-order valence-electron chi connectivity index (χ1n) is 8.50. The van der Waals surface area contributed by atoms with Crippen LogP contribution in [0.3, 0.4) is 0 Å². The molecule has 1 heterocycles. The van der Waals surface area contributed by atoms with E-state index in [-0.39, 0.29) is 25.4 Å². The van der Waals surface area contributed by atoms with Gasteiger partial charge >= 0.3 is 6.09 Å². The van der Waals surface area contributed by atoms with E-state index in [0.717, 1.165) is 24.8 Å². The molecule has 1 N–H and O–H groups in total. The highest BCUT2D eigenvalue weighted by molar-refractivity contribution is 5.98. The number of fused-ring (bicyclic) bond motifs is 1. The van der Waals surface area contributed by atoms with Gasteiger partial charge in [-0.3, -0.25) is 4.79 Å². The second-order valence-corrected chi connectivity index (χ2v) is 6.49. The predicted octanol–water partition coefficient (Wildman–Crippen LogP) is 2.09. The molecule has 1 aliphatic carbocycles. The summed E-state index contributed by atoms with van der Waals surface area (Å²) in [5.41, 5.74) is 2.83. The molecule has 2 aliphatic rings. The van der Waals surface area contributed by atoms with Crippen LogP contribution < -0.4 is 10.1 Å². The number of hydrogen-bond donors (Lipinski definition) is 1. The van der Waals surface area contributed by atoms with E-state index in [2.05, 4.69) is 10.1 Å². The number of aryl methyl sites for hydroxylation is 2. The lowest BCUT2D eigenvalue weighted by atomic mass is 10.0. The van der Waals surface area contributed by atoms with Crippen LogP contribution in [-0.2, 0) is 17.6 Å². The normalized spacial score (nSPS) is 21.8. The van der Waals surface area contributed by atoms with E-state index in [9.17, 15) is 14.0 Å². The number of benzene rings is 1. The van der Waals surface area contributed by atoms with Gasteiger partial charge < -0.3 is 19.7 Å². The van der Waals surface area contributed by atoms with Crippen LogP contribution in [0, 0.1) is 0 Å². The van der Waals surface area contributed by atoms with Gasteiger partial charge in [0.2, 0.25) is 0 Å². The highest BCUT2D eigenvalue weighted by Gasteiger charge is 2.37. The third-order valence-corrected chi connectivity index (χ3v) is 4.94. The maximum Gasteiger partial charge on any atom is 0.406 e. The first-order chi connectivity index (χ1) is 12.0. The fourth-order valence-electron chi connectivity index (χ4n) is 3.67. The molecule has 1 fully saturated rings. The summed E-state index contributed by atoms with van der Waals surface area (Å²) < 4.78 is 23.9. The van der Waals surface area contributed by atoms with Crippen LogP contribution in [-0.4, -0.2) is 56.4 Å². The summed E-state index contributed by atoms with van der Waals surface area (Å²) in [6.45, 7) is 0.179. The summed E-state index contributed by atoms with van der Waals surface area (Å²) >= 11 is 0. The Morgan fingerprint density at radius 3 is 2.68 bits per heavy atom. The van der Waals surface area contributed by atoms with Crippen molar-refractivity contribution >= 4 is 12.0 Å². The second kappa shape index (κ2) is 7.29. The van der Waals surface area contributed by atoms with Crippen molar-refractivity contribution in [3.63, 3.8) is 0 Å². The Morgan fingerprint density at radius 2 is 2.00 bits per heavy atom. The summed E-state index contributed by atoms with van der Waals surface area (Å²) in [6.07, 6.45) is 1.50. The number of alkyl halides is 1. The van der Waals surface area contributed by atoms with Gasteiger partial charge in [0.05, 0.1) is 32.4 Å². The van der Waals surface area contributed by atoms with E-state index in [0.29, 0.717) is 11.3 Å². The molecular weight excluding hydrogens is 327 g/mol. The number of ether oxygens (including phenoxy) is 2. The smallest absolute Gasteiger partial charge is 0.406 e. The molecule has 3 rings (SSSR count). The van der Waals surface area contributed by atoms with Crippen LogP contribution >= 0.6 is 0 Å². The molecule has 1 aliphatic heterocycles. The van der Waals surface area contributed by atoms with Crippen LogP contribution in [0.1, 0.15) is 34.3 Å². The van der Waals surface area contributed by atoms with E-state index >= 15 is 0 Å². The minimum absolute atomic E-state index is 0.0204. The maximum atomic E-state index is 13.9. The van der Waals surface area contributed by atoms with Crippen molar-refractivity contribution < 1.29 is 23.5 Å². The Bertz CT molecular complexity index is 679. The molecular formula is C18H23FN2O4. The van der Waals surface area contributed by atoms with Crippen LogP contribution in [0.5, 0.6) is 5.75 Å². The van der Waals surface area contributed by atoms with Gasteiger partial charge in [-0.2, -0.15) is 0 Å². The number of carbonyl (C=O) groups is 2.